The van der Waals surface area contributed by atoms with Gasteiger partial charge in [0.15, 0.2) is 0 Å². The second-order valence-corrected chi connectivity index (χ2v) is 6.22. The summed E-state index contributed by atoms with van der Waals surface area (Å²) in [5.74, 6) is -0.239. The number of likely N-dealkylation sites (N-methyl/N-ethyl adjacent to an activating group) is 2. The lowest BCUT2D eigenvalue weighted by atomic mass is 10.0. The van der Waals surface area contributed by atoms with E-state index >= 15 is 0 Å². The average molecular weight is 346 g/mol. The van der Waals surface area contributed by atoms with Crippen LogP contribution in [0.2, 0.25) is 0 Å². The molecule has 0 spiro atoms. The summed E-state index contributed by atoms with van der Waals surface area (Å²) in [6.45, 7) is 6.61. The van der Waals surface area contributed by atoms with Crippen LogP contribution < -0.4 is 5.73 Å². The molecule has 20 heavy (non-hydrogen) atoms. The first-order valence-electron chi connectivity index (χ1n) is 6.96. The van der Waals surface area contributed by atoms with Crippen LogP contribution in [-0.4, -0.2) is 49.6 Å². The van der Waals surface area contributed by atoms with Crippen molar-refractivity contribution in [2.75, 3.05) is 33.7 Å². The molecule has 0 radical (unpaired) electrons. The molecule has 3 nitrogen and oxygen atoms in total. The molecule has 114 valence electrons. The fourth-order valence-corrected chi connectivity index (χ4v) is 2.90. The second-order valence-electron chi connectivity index (χ2n) is 5.37. The van der Waals surface area contributed by atoms with Gasteiger partial charge in [-0.1, -0.05) is 13.0 Å². The van der Waals surface area contributed by atoms with Crippen molar-refractivity contribution in [2.45, 2.75) is 25.9 Å². The van der Waals surface area contributed by atoms with Crippen molar-refractivity contribution in [1.29, 1.82) is 0 Å². The fraction of sp³-hybridized carbons (Fsp3) is 0.600. The average Bonchev–Trinajstić information content (AvgIpc) is 2.38. The highest BCUT2D eigenvalue weighted by molar-refractivity contribution is 9.10. The van der Waals surface area contributed by atoms with E-state index in [1.54, 1.807) is 12.1 Å². The van der Waals surface area contributed by atoms with Gasteiger partial charge in [-0.25, -0.2) is 4.39 Å². The maximum Gasteiger partial charge on any atom is 0.137 e. The summed E-state index contributed by atoms with van der Waals surface area (Å²) in [6.07, 6.45) is 0. The van der Waals surface area contributed by atoms with Gasteiger partial charge >= 0.3 is 0 Å². The predicted molar refractivity (Wildman–Crippen MR) is 86.3 cm³/mol. The van der Waals surface area contributed by atoms with Gasteiger partial charge in [-0.15, -0.1) is 0 Å². The number of nitrogens with zero attached hydrogens (tertiary/aromatic N) is 2. The maximum absolute atomic E-state index is 13.7. The zero-order valence-electron chi connectivity index (χ0n) is 12.7. The van der Waals surface area contributed by atoms with E-state index in [-0.39, 0.29) is 11.9 Å². The van der Waals surface area contributed by atoms with Crippen molar-refractivity contribution in [3.05, 3.63) is 34.1 Å². The van der Waals surface area contributed by atoms with E-state index in [1.165, 1.54) is 0 Å². The standard InChI is InChI=1S/C15H25BrFN3/c1-5-20(11(2)10-19(3)4)15(9-18)12-6-7-13(16)14(17)8-12/h6-8,11,15H,5,9-10,18H2,1-4H3. The van der Waals surface area contributed by atoms with Gasteiger partial charge in [-0.2, -0.15) is 0 Å². The Kier molecular flexibility index (Phi) is 7.09. The molecule has 2 atom stereocenters. The van der Waals surface area contributed by atoms with Gasteiger partial charge in [0.2, 0.25) is 0 Å². The van der Waals surface area contributed by atoms with E-state index < -0.39 is 0 Å². The van der Waals surface area contributed by atoms with Gasteiger partial charge in [0.05, 0.1) is 4.47 Å². The number of hydrogen-bond acceptors (Lipinski definition) is 3. The van der Waals surface area contributed by atoms with Crippen molar-refractivity contribution < 1.29 is 4.39 Å². The number of benzene rings is 1. The minimum Gasteiger partial charge on any atom is -0.329 e. The fourth-order valence-electron chi connectivity index (χ4n) is 2.66. The lowest BCUT2D eigenvalue weighted by Gasteiger charge is -2.36. The van der Waals surface area contributed by atoms with Crippen LogP contribution in [0.25, 0.3) is 0 Å². The first-order chi connectivity index (χ1) is 9.40. The summed E-state index contributed by atoms with van der Waals surface area (Å²) >= 11 is 3.19. The molecule has 5 heteroatoms. The normalized spacial score (nSPS) is 14.8. The third kappa shape index (κ3) is 4.52. The van der Waals surface area contributed by atoms with Gasteiger partial charge in [0.25, 0.3) is 0 Å². The summed E-state index contributed by atoms with van der Waals surface area (Å²) in [5.41, 5.74) is 6.88. The number of nitrogens with two attached hydrogens (primary N) is 1. The third-order valence-corrected chi connectivity index (χ3v) is 4.16. The number of halogens is 2. The van der Waals surface area contributed by atoms with Crippen molar-refractivity contribution >= 4 is 15.9 Å². The summed E-state index contributed by atoms with van der Waals surface area (Å²) in [5, 5.41) is 0. The SMILES string of the molecule is CCN(C(C)CN(C)C)C(CN)c1ccc(Br)c(F)c1. The first kappa shape index (κ1) is 17.6. The lowest BCUT2D eigenvalue weighted by molar-refractivity contribution is 0.131. The van der Waals surface area contributed by atoms with Crippen LogP contribution in [0.15, 0.2) is 22.7 Å². The number of hydrogen-bond donors (Lipinski definition) is 1. The minimum atomic E-state index is -0.239. The minimum absolute atomic E-state index is 0.0394. The maximum atomic E-state index is 13.7. The van der Waals surface area contributed by atoms with Gasteiger partial charge in [-0.05, 0) is 61.2 Å². The Morgan fingerprint density at radius 2 is 2.00 bits per heavy atom. The van der Waals surface area contributed by atoms with E-state index in [4.69, 9.17) is 5.73 Å². The van der Waals surface area contributed by atoms with E-state index in [1.807, 2.05) is 6.07 Å². The van der Waals surface area contributed by atoms with Gasteiger partial charge in [0.1, 0.15) is 5.82 Å². The molecular formula is C15H25BrFN3. The van der Waals surface area contributed by atoms with Crippen molar-refractivity contribution in [3.63, 3.8) is 0 Å². The Balaban J connectivity index is 2.98. The lowest BCUT2D eigenvalue weighted by Crippen LogP contribution is -2.44. The Labute approximate surface area is 130 Å². The third-order valence-electron chi connectivity index (χ3n) is 3.51. The largest absolute Gasteiger partial charge is 0.329 e. The molecule has 2 unspecified atom stereocenters. The Bertz CT molecular complexity index is 426. The highest BCUT2D eigenvalue weighted by Gasteiger charge is 2.23. The predicted octanol–water partition coefficient (Wildman–Crippen LogP) is 2.86. The summed E-state index contributed by atoms with van der Waals surface area (Å²) < 4.78 is 14.2. The molecule has 1 aromatic rings. The van der Waals surface area contributed by atoms with E-state index in [0.717, 1.165) is 18.7 Å². The molecule has 0 heterocycles. The van der Waals surface area contributed by atoms with E-state index in [9.17, 15) is 4.39 Å². The second kappa shape index (κ2) is 8.08. The Morgan fingerprint density at radius 3 is 2.45 bits per heavy atom. The molecule has 0 aliphatic heterocycles. The van der Waals surface area contributed by atoms with Gasteiger partial charge in [-0.3, -0.25) is 4.90 Å². The summed E-state index contributed by atoms with van der Waals surface area (Å²) in [7, 11) is 4.11. The Hall–Kier alpha value is -0.490. The van der Waals surface area contributed by atoms with E-state index in [0.29, 0.717) is 17.1 Å². The molecule has 0 aromatic heterocycles. The molecule has 2 N–H and O–H groups in total. The molecule has 0 saturated heterocycles. The van der Waals surface area contributed by atoms with Crippen LogP contribution in [0.3, 0.4) is 0 Å². The first-order valence-corrected chi connectivity index (χ1v) is 7.75. The molecule has 0 fully saturated rings. The molecule has 1 aromatic carbocycles. The summed E-state index contributed by atoms with van der Waals surface area (Å²) in [6, 6.07) is 5.66. The molecular weight excluding hydrogens is 321 g/mol. The Morgan fingerprint density at radius 1 is 1.35 bits per heavy atom. The molecule has 0 amide bonds. The van der Waals surface area contributed by atoms with Crippen LogP contribution in [-0.2, 0) is 0 Å². The quantitative estimate of drug-likeness (QED) is 0.824. The van der Waals surface area contributed by atoms with E-state index in [2.05, 4.69) is 53.7 Å². The zero-order valence-corrected chi connectivity index (χ0v) is 14.3. The molecule has 0 saturated carbocycles. The molecule has 1 rings (SSSR count). The topological polar surface area (TPSA) is 32.5 Å². The van der Waals surface area contributed by atoms with Crippen molar-refractivity contribution in [2.24, 2.45) is 5.73 Å². The van der Waals surface area contributed by atoms with Gasteiger partial charge < -0.3 is 10.6 Å². The van der Waals surface area contributed by atoms with Crippen LogP contribution in [0.4, 0.5) is 4.39 Å². The molecule has 0 bridgehead atoms. The highest BCUT2D eigenvalue weighted by Crippen LogP contribution is 2.25. The van der Waals surface area contributed by atoms with Crippen molar-refractivity contribution in [1.82, 2.24) is 9.80 Å². The number of rotatable bonds is 7. The van der Waals surface area contributed by atoms with Crippen LogP contribution >= 0.6 is 15.9 Å². The zero-order chi connectivity index (χ0) is 15.3. The smallest absolute Gasteiger partial charge is 0.137 e. The van der Waals surface area contributed by atoms with Gasteiger partial charge in [0, 0.05) is 25.2 Å². The van der Waals surface area contributed by atoms with Crippen LogP contribution in [0.1, 0.15) is 25.5 Å². The van der Waals surface area contributed by atoms with Crippen LogP contribution in [0.5, 0.6) is 0 Å². The van der Waals surface area contributed by atoms with Crippen LogP contribution in [0, 0.1) is 5.82 Å². The highest BCUT2D eigenvalue weighted by atomic mass is 79.9. The molecule has 0 aliphatic rings. The molecule has 0 aliphatic carbocycles. The summed E-state index contributed by atoms with van der Waals surface area (Å²) in [4.78, 5) is 4.48. The van der Waals surface area contributed by atoms with Crippen molar-refractivity contribution in [3.8, 4) is 0 Å². The monoisotopic (exact) mass is 345 g/mol.